The van der Waals surface area contributed by atoms with E-state index in [1.54, 1.807) is 0 Å². The second-order valence-electron chi connectivity index (χ2n) is 3.91. The van der Waals surface area contributed by atoms with Gasteiger partial charge in [-0.25, -0.2) is 13.2 Å². The summed E-state index contributed by atoms with van der Waals surface area (Å²) in [5.41, 5.74) is 2.79. The molecule has 0 saturated carbocycles. The molecule has 0 aliphatic carbocycles. The van der Waals surface area contributed by atoms with Crippen molar-refractivity contribution in [3.05, 3.63) is 35.4 Å². The van der Waals surface area contributed by atoms with Crippen molar-refractivity contribution in [2.24, 2.45) is 5.84 Å². The standard InChI is InChI=1S/C11H16N2O5S/c12-13-7-10(19(17,18)6-5-14)8-1-3-9(4-2-8)11(15)16/h1-4,10,13-14H,5-7,12H2,(H,15,16). The van der Waals surface area contributed by atoms with Gasteiger partial charge in [0.05, 0.1) is 17.9 Å². The predicted octanol–water partition coefficient (Wildman–Crippen LogP) is -0.704. The third kappa shape index (κ3) is 4.00. The first-order chi connectivity index (χ1) is 8.92. The molecule has 1 atom stereocenters. The Morgan fingerprint density at radius 3 is 2.32 bits per heavy atom. The lowest BCUT2D eigenvalue weighted by molar-refractivity contribution is 0.0697. The number of benzene rings is 1. The zero-order valence-corrected chi connectivity index (χ0v) is 10.9. The first-order valence-electron chi connectivity index (χ1n) is 5.51. The zero-order valence-electron chi connectivity index (χ0n) is 10.1. The minimum Gasteiger partial charge on any atom is -0.478 e. The minimum absolute atomic E-state index is 0.0191. The van der Waals surface area contributed by atoms with E-state index in [2.05, 4.69) is 5.43 Å². The summed E-state index contributed by atoms with van der Waals surface area (Å²) >= 11 is 0. The lowest BCUT2D eigenvalue weighted by Crippen LogP contribution is -2.33. The van der Waals surface area contributed by atoms with Crippen molar-refractivity contribution in [1.82, 2.24) is 5.43 Å². The lowest BCUT2D eigenvalue weighted by Gasteiger charge is -2.17. The number of hydrogen-bond acceptors (Lipinski definition) is 6. The van der Waals surface area contributed by atoms with Crippen molar-refractivity contribution in [2.45, 2.75) is 5.25 Å². The largest absolute Gasteiger partial charge is 0.478 e. The molecule has 0 amide bonds. The summed E-state index contributed by atoms with van der Waals surface area (Å²) in [7, 11) is -3.56. The molecule has 0 fully saturated rings. The molecule has 1 aromatic rings. The van der Waals surface area contributed by atoms with Crippen LogP contribution in [0, 0.1) is 0 Å². The van der Waals surface area contributed by atoms with Gasteiger partial charge in [-0.05, 0) is 17.7 Å². The predicted molar refractivity (Wildman–Crippen MR) is 69.2 cm³/mol. The molecule has 1 aromatic carbocycles. The minimum atomic E-state index is -3.56. The molecule has 0 radical (unpaired) electrons. The van der Waals surface area contributed by atoms with Gasteiger partial charge in [-0.3, -0.25) is 11.3 Å². The number of carboxylic acid groups (broad SMARTS) is 1. The number of rotatable bonds is 7. The van der Waals surface area contributed by atoms with Crippen LogP contribution in [0.25, 0.3) is 0 Å². The van der Waals surface area contributed by atoms with Gasteiger partial charge in [0.15, 0.2) is 9.84 Å². The first kappa shape index (κ1) is 15.6. The Kier molecular flexibility index (Phi) is 5.43. The van der Waals surface area contributed by atoms with E-state index in [1.807, 2.05) is 0 Å². The number of hydrogen-bond donors (Lipinski definition) is 4. The fourth-order valence-corrected chi connectivity index (χ4v) is 3.13. The number of hydrazine groups is 1. The molecule has 5 N–H and O–H groups in total. The smallest absolute Gasteiger partial charge is 0.335 e. The highest BCUT2D eigenvalue weighted by Gasteiger charge is 2.26. The molecular weight excluding hydrogens is 272 g/mol. The Labute approximate surface area is 110 Å². The molecule has 0 aromatic heterocycles. The van der Waals surface area contributed by atoms with Crippen molar-refractivity contribution < 1.29 is 23.4 Å². The molecule has 1 unspecified atom stereocenters. The van der Waals surface area contributed by atoms with Crippen LogP contribution in [0.1, 0.15) is 21.2 Å². The van der Waals surface area contributed by atoms with Gasteiger partial charge in [0, 0.05) is 6.54 Å². The van der Waals surface area contributed by atoms with Gasteiger partial charge in [0.1, 0.15) is 5.25 Å². The summed E-state index contributed by atoms with van der Waals surface area (Å²) in [5, 5.41) is 16.6. The maximum absolute atomic E-state index is 12.0. The van der Waals surface area contributed by atoms with Crippen LogP contribution in [0.3, 0.4) is 0 Å². The SMILES string of the molecule is NNCC(c1ccc(C(=O)O)cc1)S(=O)(=O)CCO. The Balaban J connectivity index is 3.09. The Bertz CT molecular complexity index is 527. The highest BCUT2D eigenvalue weighted by molar-refractivity contribution is 7.91. The van der Waals surface area contributed by atoms with Gasteiger partial charge >= 0.3 is 5.97 Å². The summed E-state index contributed by atoms with van der Waals surface area (Å²) in [4.78, 5) is 10.7. The van der Waals surface area contributed by atoms with Crippen LogP contribution in [0.2, 0.25) is 0 Å². The quantitative estimate of drug-likeness (QED) is 0.385. The number of aliphatic hydroxyl groups excluding tert-OH is 1. The Hall–Kier alpha value is -1.48. The lowest BCUT2D eigenvalue weighted by atomic mass is 10.1. The fraction of sp³-hybridized carbons (Fsp3) is 0.364. The molecule has 0 heterocycles. The number of carboxylic acids is 1. The third-order valence-electron chi connectivity index (χ3n) is 2.64. The molecule has 0 spiro atoms. The number of carbonyl (C=O) groups is 1. The van der Waals surface area contributed by atoms with Crippen LogP contribution >= 0.6 is 0 Å². The van der Waals surface area contributed by atoms with Gasteiger partial charge in [-0.1, -0.05) is 12.1 Å². The van der Waals surface area contributed by atoms with Crippen LogP contribution in [0.5, 0.6) is 0 Å². The van der Waals surface area contributed by atoms with E-state index in [4.69, 9.17) is 16.1 Å². The van der Waals surface area contributed by atoms with Gasteiger partial charge < -0.3 is 10.2 Å². The number of nitrogens with one attached hydrogen (secondary N) is 1. The summed E-state index contributed by atoms with van der Waals surface area (Å²) in [6, 6.07) is 5.52. The topological polar surface area (TPSA) is 130 Å². The van der Waals surface area contributed by atoms with Crippen LogP contribution < -0.4 is 11.3 Å². The molecule has 1 rings (SSSR count). The maximum Gasteiger partial charge on any atom is 0.335 e. The Morgan fingerprint density at radius 1 is 1.32 bits per heavy atom. The molecule has 0 saturated heterocycles. The second kappa shape index (κ2) is 6.62. The van der Waals surface area contributed by atoms with Crippen molar-refractivity contribution in [1.29, 1.82) is 0 Å². The van der Waals surface area contributed by atoms with Crippen LogP contribution in [-0.4, -0.2) is 43.5 Å². The maximum atomic E-state index is 12.0. The molecule has 106 valence electrons. The number of sulfone groups is 1. The average Bonchev–Trinajstić information content (AvgIpc) is 2.36. The van der Waals surface area contributed by atoms with Gasteiger partial charge in [0.2, 0.25) is 0 Å². The summed E-state index contributed by atoms with van der Waals surface area (Å²) < 4.78 is 23.9. The third-order valence-corrected chi connectivity index (χ3v) is 4.70. The second-order valence-corrected chi connectivity index (χ2v) is 6.22. The van der Waals surface area contributed by atoms with E-state index in [1.165, 1.54) is 24.3 Å². The van der Waals surface area contributed by atoms with E-state index in [9.17, 15) is 13.2 Å². The molecule has 8 heteroatoms. The van der Waals surface area contributed by atoms with Gasteiger partial charge in [0.25, 0.3) is 0 Å². The summed E-state index contributed by atoms with van der Waals surface area (Å²) in [6.45, 7) is -0.495. The molecule has 0 aliphatic rings. The fourth-order valence-electron chi connectivity index (χ4n) is 1.67. The van der Waals surface area contributed by atoms with Crippen LogP contribution in [0.4, 0.5) is 0 Å². The zero-order chi connectivity index (χ0) is 14.5. The molecular formula is C11H16N2O5S. The van der Waals surface area contributed by atoms with Crippen LogP contribution in [0.15, 0.2) is 24.3 Å². The van der Waals surface area contributed by atoms with Crippen molar-refractivity contribution in [3.63, 3.8) is 0 Å². The summed E-state index contributed by atoms with van der Waals surface area (Å²) in [5.74, 6) is 3.71. The van der Waals surface area contributed by atoms with Crippen molar-refractivity contribution >= 4 is 15.8 Å². The van der Waals surface area contributed by atoms with E-state index in [-0.39, 0.29) is 17.9 Å². The van der Waals surface area contributed by atoms with E-state index >= 15 is 0 Å². The number of aromatic carboxylic acids is 1. The number of aliphatic hydroxyl groups is 1. The normalized spacial score (nSPS) is 13.2. The highest BCUT2D eigenvalue weighted by Crippen LogP contribution is 2.22. The van der Waals surface area contributed by atoms with Crippen molar-refractivity contribution in [2.75, 3.05) is 18.9 Å². The van der Waals surface area contributed by atoms with E-state index < -0.39 is 27.7 Å². The molecule has 7 nitrogen and oxygen atoms in total. The first-order valence-corrected chi connectivity index (χ1v) is 7.23. The van der Waals surface area contributed by atoms with Crippen LogP contribution in [-0.2, 0) is 9.84 Å². The molecule has 0 bridgehead atoms. The van der Waals surface area contributed by atoms with Gasteiger partial charge in [-0.15, -0.1) is 0 Å². The van der Waals surface area contributed by atoms with Gasteiger partial charge in [-0.2, -0.15) is 0 Å². The van der Waals surface area contributed by atoms with E-state index in [0.717, 1.165) is 0 Å². The highest BCUT2D eigenvalue weighted by atomic mass is 32.2. The Morgan fingerprint density at radius 2 is 1.89 bits per heavy atom. The van der Waals surface area contributed by atoms with Crippen molar-refractivity contribution in [3.8, 4) is 0 Å². The molecule has 19 heavy (non-hydrogen) atoms. The molecule has 0 aliphatic heterocycles. The van der Waals surface area contributed by atoms with E-state index in [0.29, 0.717) is 5.56 Å². The average molecular weight is 288 g/mol. The monoisotopic (exact) mass is 288 g/mol. The summed E-state index contributed by atoms with van der Waals surface area (Å²) in [6.07, 6.45) is 0. The number of nitrogens with two attached hydrogens (primary N) is 1.